The van der Waals surface area contributed by atoms with Gasteiger partial charge >= 0.3 is 0 Å². The van der Waals surface area contributed by atoms with E-state index in [1.807, 2.05) is 20.0 Å². The Morgan fingerprint density at radius 1 is 1.24 bits per heavy atom. The van der Waals surface area contributed by atoms with Crippen molar-refractivity contribution in [2.75, 3.05) is 33.4 Å². The molecule has 1 aromatic carbocycles. The maximum atomic E-state index is 5.60. The van der Waals surface area contributed by atoms with Crippen molar-refractivity contribution in [1.82, 2.24) is 5.32 Å². The van der Waals surface area contributed by atoms with Crippen molar-refractivity contribution < 1.29 is 9.47 Å². The minimum absolute atomic E-state index is 0.705. The second kappa shape index (κ2) is 8.09. The van der Waals surface area contributed by atoms with Crippen LogP contribution in [0.5, 0.6) is 5.75 Å². The van der Waals surface area contributed by atoms with E-state index in [4.69, 9.17) is 9.47 Å². The molecular formula is C14H23NO2. The van der Waals surface area contributed by atoms with Gasteiger partial charge in [0.05, 0.1) is 19.8 Å². The molecule has 0 saturated carbocycles. The number of hydrogen-bond donors (Lipinski definition) is 1. The quantitative estimate of drug-likeness (QED) is 0.703. The molecule has 0 aromatic heterocycles. The zero-order chi connectivity index (χ0) is 12.5. The van der Waals surface area contributed by atoms with Gasteiger partial charge in [0.25, 0.3) is 0 Å². The first-order chi connectivity index (χ1) is 8.27. The largest absolute Gasteiger partial charge is 0.494 e. The van der Waals surface area contributed by atoms with Crippen LogP contribution in [0.1, 0.15) is 18.1 Å². The number of hydrogen-bond acceptors (Lipinski definition) is 3. The van der Waals surface area contributed by atoms with E-state index in [9.17, 15) is 0 Å². The molecule has 1 N–H and O–H groups in total. The van der Waals surface area contributed by atoms with Crippen molar-refractivity contribution in [1.29, 1.82) is 0 Å². The summed E-state index contributed by atoms with van der Waals surface area (Å²) >= 11 is 0. The highest BCUT2D eigenvalue weighted by molar-refractivity contribution is 5.37. The number of nitrogens with one attached hydrogen (secondary N) is 1. The van der Waals surface area contributed by atoms with Crippen LogP contribution in [-0.4, -0.2) is 33.4 Å². The fourth-order valence-electron chi connectivity index (χ4n) is 1.66. The summed E-state index contributed by atoms with van der Waals surface area (Å²) in [5, 5.41) is 3.06. The summed E-state index contributed by atoms with van der Waals surface area (Å²) < 4.78 is 11.1. The first-order valence-corrected chi connectivity index (χ1v) is 6.22. The second-order valence-corrected chi connectivity index (χ2v) is 4.01. The van der Waals surface area contributed by atoms with Crippen molar-refractivity contribution in [2.24, 2.45) is 0 Å². The minimum Gasteiger partial charge on any atom is -0.494 e. The van der Waals surface area contributed by atoms with Crippen LogP contribution in [0, 0.1) is 6.92 Å². The van der Waals surface area contributed by atoms with E-state index in [1.54, 1.807) is 0 Å². The van der Waals surface area contributed by atoms with Gasteiger partial charge in [-0.25, -0.2) is 0 Å². The van der Waals surface area contributed by atoms with Gasteiger partial charge in [0, 0.05) is 6.54 Å². The Labute approximate surface area is 104 Å². The highest BCUT2D eigenvalue weighted by atomic mass is 16.5. The summed E-state index contributed by atoms with van der Waals surface area (Å²) in [6.45, 7) is 7.20. The standard InChI is InChI=1S/C14H23NO2/c1-4-17-14-6-5-12(2)11-13(14)7-9-16-10-8-15-3/h5-6,11,15H,4,7-10H2,1-3H3. The number of likely N-dealkylation sites (N-methyl/N-ethyl adjacent to an activating group) is 1. The molecule has 0 atom stereocenters. The van der Waals surface area contributed by atoms with Crippen molar-refractivity contribution in [2.45, 2.75) is 20.3 Å². The predicted molar refractivity (Wildman–Crippen MR) is 70.8 cm³/mol. The molecule has 0 heterocycles. The summed E-state index contributed by atoms with van der Waals surface area (Å²) in [4.78, 5) is 0. The van der Waals surface area contributed by atoms with E-state index in [2.05, 4.69) is 24.4 Å². The van der Waals surface area contributed by atoms with Crippen LogP contribution in [0.3, 0.4) is 0 Å². The zero-order valence-electron chi connectivity index (χ0n) is 11.1. The van der Waals surface area contributed by atoms with Crippen molar-refractivity contribution in [3.05, 3.63) is 29.3 Å². The lowest BCUT2D eigenvalue weighted by molar-refractivity contribution is 0.139. The number of ether oxygens (including phenoxy) is 2. The first kappa shape index (κ1) is 14.0. The molecule has 0 aliphatic heterocycles. The molecule has 0 spiro atoms. The van der Waals surface area contributed by atoms with Crippen LogP contribution in [0.4, 0.5) is 0 Å². The topological polar surface area (TPSA) is 30.5 Å². The summed E-state index contributed by atoms with van der Waals surface area (Å²) in [7, 11) is 1.93. The normalized spacial score (nSPS) is 10.5. The molecule has 96 valence electrons. The van der Waals surface area contributed by atoms with Crippen LogP contribution in [0.2, 0.25) is 0 Å². The van der Waals surface area contributed by atoms with Gasteiger partial charge in [-0.05, 0) is 38.9 Å². The molecule has 0 saturated heterocycles. The molecule has 0 bridgehead atoms. The lowest BCUT2D eigenvalue weighted by Gasteiger charge is -2.11. The molecule has 0 unspecified atom stereocenters. The zero-order valence-corrected chi connectivity index (χ0v) is 11.1. The fraction of sp³-hybridized carbons (Fsp3) is 0.571. The van der Waals surface area contributed by atoms with E-state index in [0.29, 0.717) is 6.61 Å². The average molecular weight is 237 g/mol. The Bertz CT molecular complexity index is 326. The number of aryl methyl sites for hydroxylation is 1. The van der Waals surface area contributed by atoms with Gasteiger partial charge in [-0.2, -0.15) is 0 Å². The Balaban J connectivity index is 2.47. The van der Waals surface area contributed by atoms with Crippen LogP contribution >= 0.6 is 0 Å². The van der Waals surface area contributed by atoms with E-state index in [0.717, 1.165) is 31.9 Å². The summed E-state index contributed by atoms with van der Waals surface area (Å²) in [6.07, 6.45) is 0.903. The van der Waals surface area contributed by atoms with Gasteiger partial charge in [0.2, 0.25) is 0 Å². The van der Waals surface area contributed by atoms with Gasteiger partial charge in [-0.3, -0.25) is 0 Å². The Morgan fingerprint density at radius 2 is 2.06 bits per heavy atom. The third-order valence-corrected chi connectivity index (χ3v) is 2.53. The molecule has 3 nitrogen and oxygen atoms in total. The summed E-state index contributed by atoms with van der Waals surface area (Å²) in [5.74, 6) is 0.982. The van der Waals surface area contributed by atoms with E-state index in [1.165, 1.54) is 11.1 Å². The molecular weight excluding hydrogens is 214 g/mol. The van der Waals surface area contributed by atoms with Crippen LogP contribution < -0.4 is 10.1 Å². The lowest BCUT2D eigenvalue weighted by atomic mass is 10.1. The third-order valence-electron chi connectivity index (χ3n) is 2.53. The average Bonchev–Trinajstić information content (AvgIpc) is 2.32. The van der Waals surface area contributed by atoms with E-state index in [-0.39, 0.29) is 0 Å². The molecule has 1 rings (SSSR count). The van der Waals surface area contributed by atoms with Crippen molar-refractivity contribution in [3.8, 4) is 5.75 Å². The number of rotatable bonds is 8. The summed E-state index contributed by atoms with van der Waals surface area (Å²) in [6, 6.07) is 6.30. The lowest BCUT2D eigenvalue weighted by Crippen LogP contribution is -2.15. The third kappa shape index (κ3) is 5.20. The number of benzene rings is 1. The molecule has 1 aromatic rings. The Morgan fingerprint density at radius 3 is 2.76 bits per heavy atom. The Kier molecular flexibility index (Phi) is 6.67. The highest BCUT2D eigenvalue weighted by Crippen LogP contribution is 2.20. The van der Waals surface area contributed by atoms with E-state index >= 15 is 0 Å². The SMILES string of the molecule is CCOc1ccc(C)cc1CCOCCNC. The molecule has 0 amide bonds. The predicted octanol–water partition coefficient (Wildman–Crippen LogP) is 2.17. The van der Waals surface area contributed by atoms with Gasteiger partial charge in [0.15, 0.2) is 0 Å². The molecule has 0 fully saturated rings. The molecule has 3 heteroatoms. The second-order valence-electron chi connectivity index (χ2n) is 4.01. The Hall–Kier alpha value is -1.06. The monoisotopic (exact) mass is 237 g/mol. The minimum atomic E-state index is 0.705. The van der Waals surface area contributed by atoms with Gasteiger partial charge < -0.3 is 14.8 Å². The van der Waals surface area contributed by atoms with Crippen LogP contribution in [-0.2, 0) is 11.2 Å². The van der Waals surface area contributed by atoms with Crippen molar-refractivity contribution >= 4 is 0 Å². The van der Waals surface area contributed by atoms with Crippen molar-refractivity contribution in [3.63, 3.8) is 0 Å². The van der Waals surface area contributed by atoms with Gasteiger partial charge in [0.1, 0.15) is 5.75 Å². The maximum absolute atomic E-state index is 5.60. The molecule has 0 aliphatic carbocycles. The fourth-order valence-corrected chi connectivity index (χ4v) is 1.66. The highest BCUT2D eigenvalue weighted by Gasteiger charge is 2.03. The van der Waals surface area contributed by atoms with Gasteiger partial charge in [-0.1, -0.05) is 17.7 Å². The van der Waals surface area contributed by atoms with Crippen LogP contribution in [0.25, 0.3) is 0 Å². The van der Waals surface area contributed by atoms with Gasteiger partial charge in [-0.15, -0.1) is 0 Å². The van der Waals surface area contributed by atoms with E-state index < -0.39 is 0 Å². The molecule has 0 radical (unpaired) electrons. The molecule has 0 aliphatic rings. The smallest absolute Gasteiger partial charge is 0.122 e. The van der Waals surface area contributed by atoms with Crippen LogP contribution in [0.15, 0.2) is 18.2 Å². The molecule has 17 heavy (non-hydrogen) atoms. The summed E-state index contributed by atoms with van der Waals surface area (Å²) in [5.41, 5.74) is 2.50. The first-order valence-electron chi connectivity index (χ1n) is 6.22. The maximum Gasteiger partial charge on any atom is 0.122 e.